The molecule has 4 aromatic rings. The maximum atomic E-state index is 15.6. The van der Waals surface area contributed by atoms with E-state index in [1.165, 1.54) is 7.11 Å². The molecular weight excluding hydrogens is 949 g/mol. The largest absolute Gasteiger partial charge is 0.497 e. The molecule has 2 fully saturated rings. The van der Waals surface area contributed by atoms with Gasteiger partial charge in [-0.05, 0) is 128 Å². The topological polar surface area (TPSA) is 209 Å². The van der Waals surface area contributed by atoms with Crippen molar-refractivity contribution >= 4 is 23.4 Å². The van der Waals surface area contributed by atoms with Gasteiger partial charge in [-0.25, -0.2) is 4.79 Å². The highest BCUT2D eigenvalue weighted by Gasteiger charge is 2.65. The lowest BCUT2D eigenvalue weighted by Gasteiger charge is -2.60. The molecule has 0 radical (unpaired) electrons. The molecule has 3 aliphatic heterocycles. The molecule has 9 rings (SSSR count). The van der Waals surface area contributed by atoms with E-state index in [-0.39, 0.29) is 63.1 Å². The molecule has 3 N–H and O–H groups in total. The minimum atomic E-state index is -1.62. The van der Waals surface area contributed by atoms with Gasteiger partial charge in [-0.15, -0.1) is 6.58 Å². The summed E-state index contributed by atoms with van der Waals surface area (Å²) in [5.74, 6) is -0.462. The van der Waals surface area contributed by atoms with Gasteiger partial charge in [0, 0.05) is 55.7 Å². The molecule has 7 unspecified atom stereocenters. The number of nitrogens with zero attached hydrogens (tertiary/aromatic N) is 3. The van der Waals surface area contributed by atoms with Crippen LogP contribution in [-0.4, -0.2) is 98.4 Å². The van der Waals surface area contributed by atoms with Gasteiger partial charge >= 0.3 is 6.09 Å². The van der Waals surface area contributed by atoms with Crippen molar-refractivity contribution in [3.8, 4) is 40.6 Å². The van der Waals surface area contributed by atoms with Crippen LogP contribution in [0.4, 0.5) is 10.5 Å². The Hall–Kier alpha value is -7.10. The number of unbranched alkanes of at least 4 members (excludes halogenated alkanes) is 2. The van der Waals surface area contributed by atoms with Crippen LogP contribution in [0.3, 0.4) is 0 Å². The maximum absolute atomic E-state index is 15.6. The number of benzene rings is 4. The predicted octanol–water partition coefficient (Wildman–Crippen LogP) is 9.42. The van der Waals surface area contributed by atoms with Crippen molar-refractivity contribution in [3.05, 3.63) is 125 Å². The van der Waals surface area contributed by atoms with Crippen molar-refractivity contribution in [3.63, 3.8) is 0 Å². The van der Waals surface area contributed by atoms with Gasteiger partial charge < -0.3 is 57.8 Å². The lowest BCUT2D eigenvalue weighted by atomic mass is 9.55. The van der Waals surface area contributed by atoms with Gasteiger partial charge in [-0.3, -0.25) is 10.1 Å². The van der Waals surface area contributed by atoms with Gasteiger partial charge in [-0.2, -0.15) is 5.26 Å². The van der Waals surface area contributed by atoms with Crippen molar-refractivity contribution in [1.82, 2.24) is 4.90 Å². The number of ether oxygens (including phenoxy) is 8. The Kier molecular flexibility index (Phi) is 16.7. The Morgan fingerprint density at radius 2 is 1.70 bits per heavy atom. The lowest BCUT2D eigenvalue weighted by molar-refractivity contribution is -0.255. The van der Waals surface area contributed by atoms with Crippen molar-refractivity contribution in [2.24, 2.45) is 22.9 Å². The van der Waals surface area contributed by atoms with Gasteiger partial charge in [0.1, 0.15) is 29.0 Å². The number of aliphatic hydroxyl groups excluding tert-OH is 2. The molecule has 2 amide bonds. The van der Waals surface area contributed by atoms with Gasteiger partial charge in [0.25, 0.3) is 5.91 Å². The monoisotopic (exact) mass is 1010 g/mol. The summed E-state index contributed by atoms with van der Waals surface area (Å²) in [6.45, 7) is 4.84. The van der Waals surface area contributed by atoms with E-state index in [0.29, 0.717) is 90.0 Å². The number of nitriles is 1. The van der Waals surface area contributed by atoms with Crippen LogP contribution in [0.5, 0.6) is 34.5 Å². The Balaban J connectivity index is 1.23. The quantitative estimate of drug-likeness (QED) is 0.0404. The highest BCUT2D eigenvalue weighted by molar-refractivity contribution is 6.03. The smallest absolute Gasteiger partial charge is 0.417 e. The third-order valence-electron chi connectivity index (χ3n) is 14.6. The number of allylic oxidation sites excluding steroid dienone is 1. The second-order valence-corrected chi connectivity index (χ2v) is 19.1. The maximum Gasteiger partial charge on any atom is 0.417 e. The van der Waals surface area contributed by atoms with Crippen molar-refractivity contribution in [2.75, 3.05) is 52.8 Å². The average molecular weight is 1010 g/mol. The number of fused-ring (bicyclic) bond motifs is 3. The fourth-order valence-electron chi connectivity index (χ4n) is 11.2. The minimum Gasteiger partial charge on any atom is -0.497 e. The molecule has 2 aliphatic carbocycles. The zero-order valence-electron chi connectivity index (χ0n) is 41.9. The summed E-state index contributed by atoms with van der Waals surface area (Å²) in [5.41, 5.74) is 4.04. The van der Waals surface area contributed by atoms with Crippen LogP contribution >= 0.6 is 0 Å². The van der Waals surface area contributed by atoms with Gasteiger partial charge in [0.2, 0.25) is 18.9 Å². The second kappa shape index (κ2) is 23.8. The third-order valence-corrected chi connectivity index (χ3v) is 14.6. The Bertz CT molecular complexity index is 2750. The summed E-state index contributed by atoms with van der Waals surface area (Å²) in [5, 5.41) is 37.7. The first-order valence-electron chi connectivity index (χ1n) is 25.5. The molecule has 74 heavy (non-hydrogen) atoms. The molecule has 5 aliphatic rings. The normalized spacial score (nSPS) is 23.7. The number of hydrogen-bond donors (Lipinski definition) is 3. The standard InChI is InChI=1S/C57H64N4O13/c1-4-26-71-57-51(61(55(64)38-17-14-36(33-58)15-18-38)34-37-16-22-48-50(28-37)70-35-69-48)32-46(60-74-52-13-7-10-27-68-52)43-29-39(11-5-8-24-62)42(12-6-9-25-63)53(54(43)57)44-30-41(20-23-47(44)73-57)72-56(65)59-45-21-19-40(66-2)31-49(45)67-3/h4,14-23,28-31,39,42,51-54,62-63H,1,5-13,24-27,32,34-35H2,2-3H3,(H,59,65). The predicted molar refractivity (Wildman–Crippen MR) is 272 cm³/mol. The second-order valence-electron chi connectivity index (χ2n) is 19.1. The summed E-state index contributed by atoms with van der Waals surface area (Å²) in [6, 6.07) is 23.7. The van der Waals surface area contributed by atoms with E-state index in [4.69, 9.17) is 47.9 Å². The molecule has 0 bridgehead atoms. The Morgan fingerprint density at radius 3 is 2.45 bits per heavy atom. The summed E-state index contributed by atoms with van der Waals surface area (Å²) in [6.07, 6.45) is 9.21. The molecule has 0 spiro atoms. The number of methoxy groups -OCH3 is 2. The summed E-state index contributed by atoms with van der Waals surface area (Å²) in [7, 11) is 3.04. The summed E-state index contributed by atoms with van der Waals surface area (Å²) in [4.78, 5) is 37.5. The number of oxime groups is 1. The molecular formula is C57H64N4O13. The van der Waals surface area contributed by atoms with Gasteiger partial charge in [-0.1, -0.05) is 36.2 Å². The molecule has 1 saturated carbocycles. The van der Waals surface area contributed by atoms with Crippen LogP contribution in [0.25, 0.3) is 0 Å². The summed E-state index contributed by atoms with van der Waals surface area (Å²) < 4.78 is 49.2. The fourth-order valence-corrected chi connectivity index (χ4v) is 11.2. The number of carbonyl (C=O) groups excluding carboxylic acids is 2. The average Bonchev–Trinajstić information content (AvgIpc) is 3.91. The van der Waals surface area contributed by atoms with Crippen LogP contribution in [0, 0.1) is 29.1 Å². The molecule has 17 nitrogen and oxygen atoms in total. The van der Waals surface area contributed by atoms with E-state index >= 15 is 4.79 Å². The van der Waals surface area contributed by atoms with E-state index in [9.17, 15) is 20.3 Å². The van der Waals surface area contributed by atoms with Gasteiger partial charge in [0.15, 0.2) is 11.5 Å². The molecule has 3 heterocycles. The highest BCUT2D eigenvalue weighted by Crippen LogP contribution is 2.62. The van der Waals surface area contributed by atoms with Crippen LogP contribution in [0.15, 0.2) is 108 Å². The van der Waals surface area contributed by atoms with Crippen molar-refractivity contribution in [2.45, 2.75) is 94.8 Å². The Labute approximate surface area is 431 Å². The van der Waals surface area contributed by atoms with Crippen LogP contribution in [-0.2, 0) is 20.9 Å². The number of hydrogen-bond acceptors (Lipinski definition) is 15. The zero-order valence-corrected chi connectivity index (χ0v) is 41.9. The van der Waals surface area contributed by atoms with E-state index in [1.54, 1.807) is 72.7 Å². The molecule has 7 atom stereocenters. The van der Waals surface area contributed by atoms with Crippen molar-refractivity contribution in [1.29, 1.82) is 5.26 Å². The number of rotatable bonds is 21. The van der Waals surface area contributed by atoms with Crippen LogP contribution in [0.1, 0.15) is 97.2 Å². The van der Waals surface area contributed by atoms with E-state index in [2.05, 4.69) is 24.0 Å². The van der Waals surface area contributed by atoms with E-state index < -0.39 is 36.0 Å². The van der Waals surface area contributed by atoms with Crippen molar-refractivity contribution < 1.29 is 62.5 Å². The number of nitrogens with one attached hydrogen (secondary N) is 1. The minimum absolute atomic E-state index is 0.0149. The van der Waals surface area contributed by atoms with Crippen LogP contribution < -0.4 is 33.7 Å². The zero-order chi connectivity index (χ0) is 51.6. The molecule has 0 aromatic heterocycles. The summed E-state index contributed by atoms with van der Waals surface area (Å²) >= 11 is 0. The number of carbonyl (C=O) groups is 2. The Morgan fingerprint density at radius 1 is 0.919 bits per heavy atom. The van der Waals surface area contributed by atoms with Crippen LogP contribution in [0.2, 0.25) is 0 Å². The molecule has 390 valence electrons. The first kappa shape index (κ1) is 51.8. The number of amides is 2. The van der Waals surface area contributed by atoms with E-state index in [0.717, 1.165) is 42.4 Å². The lowest BCUT2D eigenvalue weighted by Crippen LogP contribution is -2.70. The highest BCUT2D eigenvalue weighted by atomic mass is 16.8. The molecule has 1 saturated heterocycles. The van der Waals surface area contributed by atoms with E-state index in [1.807, 2.05) is 24.3 Å². The first-order valence-corrected chi connectivity index (χ1v) is 25.5. The number of anilines is 1. The fraction of sp³-hybridized carbons (Fsp3) is 0.439. The SMILES string of the molecule is C=CCOC12Oc3ccc(OC(=O)Nc4ccc(OC)cc4OC)cc3C3C(CCCCO)C(CCCCO)C=C(C(=NOC4CCCCO4)CC1N(Cc1ccc4c(c1)OCO4)C(=O)c1ccc(C#N)cc1)C32. The third kappa shape index (κ3) is 11.0. The molecule has 4 aromatic carbocycles. The van der Waals surface area contributed by atoms with Gasteiger partial charge in [0.05, 0.1) is 56.4 Å². The first-order chi connectivity index (χ1) is 36.2. The number of aliphatic hydroxyl groups is 2. The molecule has 17 heteroatoms.